The minimum Gasteiger partial charge on any atom is -0.461 e. The molecule has 32 heavy (non-hydrogen) atoms. The third-order valence-electron chi connectivity index (χ3n) is 9.19. The molecule has 5 nitrogen and oxygen atoms in total. The van der Waals surface area contributed by atoms with E-state index in [9.17, 15) is 15.0 Å². The highest BCUT2D eigenvalue weighted by molar-refractivity contribution is 5.76. The van der Waals surface area contributed by atoms with Gasteiger partial charge in [0.25, 0.3) is 0 Å². The summed E-state index contributed by atoms with van der Waals surface area (Å²) >= 11 is 0. The molecule has 0 aromatic heterocycles. The molecule has 3 fully saturated rings. The van der Waals surface area contributed by atoms with E-state index in [1.54, 1.807) is 0 Å². The number of rotatable bonds is 4. The Labute approximate surface area is 191 Å². The van der Waals surface area contributed by atoms with E-state index in [2.05, 4.69) is 37.0 Å². The molecule has 2 aliphatic carbocycles. The summed E-state index contributed by atoms with van der Waals surface area (Å²) in [6, 6.07) is 10.2. The van der Waals surface area contributed by atoms with Crippen molar-refractivity contribution in [1.29, 1.82) is 0 Å². The van der Waals surface area contributed by atoms with E-state index in [0.29, 0.717) is 31.7 Å². The Bertz CT molecular complexity index is 875. The summed E-state index contributed by atoms with van der Waals surface area (Å²) in [5.41, 5.74) is 1.49. The molecule has 4 aliphatic rings. The summed E-state index contributed by atoms with van der Waals surface area (Å²) in [6.07, 6.45) is 6.48. The number of likely N-dealkylation sites (tertiary alicyclic amines) is 1. The van der Waals surface area contributed by atoms with Gasteiger partial charge in [0, 0.05) is 43.8 Å². The first-order valence-corrected chi connectivity index (χ1v) is 12.4. The highest BCUT2D eigenvalue weighted by Gasteiger charge is 2.59. The Morgan fingerprint density at radius 3 is 2.62 bits per heavy atom. The van der Waals surface area contributed by atoms with Gasteiger partial charge in [-0.25, -0.2) is 0 Å². The summed E-state index contributed by atoms with van der Waals surface area (Å²) in [6.45, 7) is 6.57. The number of nitrogens with zero attached hydrogens (tertiary/aromatic N) is 1. The molecule has 5 rings (SSSR count). The van der Waals surface area contributed by atoms with Crippen molar-refractivity contribution < 1.29 is 19.7 Å². The van der Waals surface area contributed by atoms with Gasteiger partial charge in [0.1, 0.15) is 6.10 Å². The molecule has 5 heteroatoms. The average Bonchev–Trinajstić information content (AvgIpc) is 3.08. The molecule has 0 bridgehead atoms. The second kappa shape index (κ2) is 8.27. The number of ether oxygens (including phenoxy) is 1. The standard InChI is InChI=1S/C27H37NO4/c1-18-7-6-10-20-15-22-23(24(29)26(18,20)2)21(25(30)32-22)17-28-13-11-27(31,12-14-28)16-19-8-4-3-5-9-19/h3-5,8-10,18,21-24,29,31H,6-7,11-17H2,1-2H3/t18-,21+,22+,23-,24+,26+/m0/s1. The molecular weight excluding hydrogens is 402 g/mol. The van der Waals surface area contributed by atoms with Crippen molar-refractivity contribution in [1.82, 2.24) is 4.90 Å². The van der Waals surface area contributed by atoms with Crippen LogP contribution in [0.2, 0.25) is 0 Å². The predicted octanol–water partition coefficient (Wildman–Crippen LogP) is 3.34. The molecule has 2 N–H and O–H groups in total. The van der Waals surface area contributed by atoms with Gasteiger partial charge in [0.05, 0.1) is 17.6 Å². The number of hydrogen-bond donors (Lipinski definition) is 2. The number of benzene rings is 1. The number of aliphatic hydroxyl groups is 2. The lowest BCUT2D eigenvalue weighted by Crippen LogP contribution is -2.55. The van der Waals surface area contributed by atoms with E-state index < -0.39 is 11.7 Å². The van der Waals surface area contributed by atoms with Gasteiger partial charge in [-0.15, -0.1) is 0 Å². The molecular formula is C27H37NO4. The van der Waals surface area contributed by atoms with Gasteiger partial charge >= 0.3 is 5.97 Å². The van der Waals surface area contributed by atoms with E-state index in [1.165, 1.54) is 5.57 Å². The van der Waals surface area contributed by atoms with Gasteiger partial charge in [-0.05, 0) is 37.2 Å². The van der Waals surface area contributed by atoms with Crippen molar-refractivity contribution in [2.75, 3.05) is 19.6 Å². The van der Waals surface area contributed by atoms with Gasteiger partial charge in [-0.2, -0.15) is 0 Å². The molecule has 0 amide bonds. The summed E-state index contributed by atoms with van der Waals surface area (Å²) in [5.74, 6) is -0.185. The lowest BCUT2D eigenvalue weighted by molar-refractivity contribution is -0.145. The van der Waals surface area contributed by atoms with Crippen molar-refractivity contribution in [3.8, 4) is 0 Å². The summed E-state index contributed by atoms with van der Waals surface area (Å²) < 4.78 is 5.82. The first kappa shape index (κ1) is 22.1. The van der Waals surface area contributed by atoms with E-state index in [-0.39, 0.29) is 29.3 Å². The van der Waals surface area contributed by atoms with Crippen LogP contribution in [0.15, 0.2) is 42.0 Å². The number of allylic oxidation sites excluding steroid dienone is 1. The van der Waals surface area contributed by atoms with Gasteiger partial charge in [0.2, 0.25) is 0 Å². The van der Waals surface area contributed by atoms with Crippen LogP contribution >= 0.6 is 0 Å². The SMILES string of the molecule is C[C@H]1CCC=C2C[C@H]3OC(=O)[C@H](CN4CCC(O)(Cc5ccccc5)CC4)[C@@H]3[C@@H](O)[C@@]21C. The Balaban J connectivity index is 1.26. The van der Waals surface area contributed by atoms with E-state index >= 15 is 0 Å². The predicted molar refractivity (Wildman–Crippen MR) is 123 cm³/mol. The highest BCUT2D eigenvalue weighted by Crippen LogP contribution is 2.56. The number of carbonyl (C=O) groups excluding carboxylic acids is 1. The molecule has 0 unspecified atom stereocenters. The first-order valence-electron chi connectivity index (χ1n) is 12.4. The fraction of sp³-hybridized carbons (Fsp3) is 0.667. The second-order valence-corrected chi connectivity index (χ2v) is 11.0. The smallest absolute Gasteiger partial charge is 0.311 e. The number of fused-ring (bicyclic) bond motifs is 2. The molecule has 6 atom stereocenters. The zero-order valence-electron chi connectivity index (χ0n) is 19.4. The maximum atomic E-state index is 12.9. The molecule has 2 heterocycles. The molecule has 2 aliphatic heterocycles. The summed E-state index contributed by atoms with van der Waals surface area (Å²) in [7, 11) is 0. The first-order chi connectivity index (χ1) is 15.3. The second-order valence-electron chi connectivity index (χ2n) is 11.0. The summed E-state index contributed by atoms with van der Waals surface area (Å²) in [4.78, 5) is 15.2. The maximum absolute atomic E-state index is 12.9. The Hall–Kier alpha value is -1.69. The third-order valence-corrected chi connectivity index (χ3v) is 9.19. The van der Waals surface area contributed by atoms with E-state index in [4.69, 9.17) is 4.74 Å². The monoisotopic (exact) mass is 439 g/mol. The fourth-order valence-corrected chi connectivity index (χ4v) is 6.86. The molecule has 0 radical (unpaired) electrons. The van der Waals surface area contributed by atoms with Crippen LogP contribution in [0.1, 0.15) is 51.5 Å². The Morgan fingerprint density at radius 1 is 1.19 bits per heavy atom. The minimum absolute atomic E-state index is 0.143. The molecule has 2 saturated heterocycles. The van der Waals surface area contributed by atoms with Crippen molar-refractivity contribution >= 4 is 5.97 Å². The zero-order chi connectivity index (χ0) is 22.5. The van der Waals surface area contributed by atoms with Crippen LogP contribution in [0.4, 0.5) is 0 Å². The molecule has 1 saturated carbocycles. The fourth-order valence-electron chi connectivity index (χ4n) is 6.86. The van der Waals surface area contributed by atoms with Crippen LogP contribution in [0.25, 0.3) is 0 Å². The largest absolute Gasteiger partial charge is 0.461 e. The minimum atomic E-state index is -0.689. The molecule has 0 spiro atoms. The van der Waals surface area contributed by atoms with Crippen molar-refractivity contribution in [3.05, 3.63) is 47.5 Å². The van der Waals surface area contributed by atoms with Gasteiger partial charge in [0.15, 0.2) is 0 Å². The number of piperidine rings is 1. The number of esters is 1. The number of carbonyl (C=O) groups is 1. The van der Waals surface area contributed by atoms with Crippen molar-refractivity contribution in [2.45, 2.75) is 70.2 Å². The van der Waals surface area contributed by atoms with Gasteiger partial charge in [-0.1, -0.05) is 55.8 Å². The van der Waals surface area contributed by atoms with Gasteiger partial charge < -0.3 is 19.8 Å². The van der Waals surface area contributed by atoms with Crippen molar-refractivity contribution in [3.63, 3.8) is 0 Å². The number of aliphatic hydroxyl groups excluding tert-OH is 1. The van der Waals surface area contributed by atoms with Crippen LogP contribution in [0.3, 0.4) is 0 Å². The maximum Gasteiger partial charge on any atom is 0.311 e. The van der Waals surface area contributed by atoms with Crippen LogP contribution in [-0.2, 0) is 16.0 Å². The lowest BCUT2D eigenvalue weighted by Gasteiger charge is -2.52. The van der Waals surface area contributed by atoms with Crippen LogP contribution in [0, 0.1) is 23.2 Å². The van der Waals surface area contributed by atoms with Crippen LogP contribution in [-0.4, -0.2) is 58.5 Å². The van der Waals surface area contributed by atoms with Crippen LogP contribution in [0.5, 0.6) is 0 Å². The summed E-state index contributed by atoms with van der Waals surface area (Å²) in [5, 5.41) is 22.7. The zero-order valence-corrected chi connectivity index (χ0v) is 19.4. The Morgan fingerprint density at radius 2 is 1.91 bits per heavy atom. The molecule has 174 valence electrons. The van der Waals surface area contributed by atoms with Gasteiger partial charge in [-0.3, -0.25) is 4.79 Å². The average molecular weight is 440 g/mol. The topological polar surface area (TPSA) is 70.0 Å². The Kier molecular flexibility index (Phi) is 5.71. The highest BCUT2D eigenvalue weighted by atomic mass is 16.6. The molecule has 1 aromatic rings. The number of hydrogen-bond acceptors (Lipinski definition) is 5. The molecule has 1 aromatic carbocycles. The lowest BCUT2D eigenvalue weighted by atomic mass is 9.55. The van der Waals surface area contributed by atoms with E-state index in [1.807, 2.05) is 18.2 Å². The quantitative estimate of drug-likeness (QED) is 0.556. The van der Waals surface area contributed by atoms with Crippen LogP contribution < -0.4 is 0 Å². The third kappa shape index (κ3) is 3.72. The van der Waals surface area contributed by atoms with Crippen molar-refractivity contribution in [2.24, 2.45) is 23.2 Å². The normalized spacial score (nSPS) is 39.1. The van der Waals surface area contributed by atoms with E-state index in [0.717, 1.165) is 37.9 Å².